The molecule has 0 aromatic carbocycles. The van der Waals surface area contributed by atoms with E-state index < -0.39 is 0 Å². The van der Waals surface area contributed by atoms with Crippen molar-refractivity contribution in [2.75, 3.05) is 13.2 Å². The SMILES string of the molecule is CCOC(=O)CCCNCc1ccc(CC)o1. The maximum absolute atomic E-state index is 11.0. The van der Waals surface area contributed by atoms with Crippen LogP contribution in [0.4, 0.5) is 0 Å². The number of carbonyl (C=O) groups excluding carboxylic acids is 1. The minimum atomic E-state index is -0.124. The van der Waals surface area contributed by atoms with Crippen molar-refractivity contribution in [2.45, 2.75) is 39.7 Å². The van der Waals surface area contributed by atoms with E-state index in [1.54, 1.807) is 0 Å². The standard InChI is InChI=1S/C13H21NO3/c1-3-11-7-8-12(17-11)10-14-9-5-6-13(15)16-4-2/h7-8,14H,3-6,9-10H2,1-2H3. The van der Waals surface area contributed by atoms with Crippen LogP contribution in [0.25, 0.3) is 0 Å². The summed E-state index contributed by atoms with van der Waals surface area (Å²) in [6, 6.07) is 3.98. The number of ether oxygens (including phenoxy) is 1. The molecule has 0 unspecified atom stereocenters. The van der Waals surface area contributed by atoms with Gasteiger partial charge in [0.05, 0.1) is 13.2 Å². The zero-order chi connectivity index (χ0) is 12.5. The highest BCUT2D eigenvalue weighted by atomic mass is 16.5. The van der Waals surface area contributed by atoms with Crippen LogP contribution in [0.1, 0.15) is 38.2 Å². The van der Waals surface area contributed by atoms with Crippen molar-refractivity contribution in [2.24, 2.45) is 0 Å². The molecule has 0 bridgehead atoms. The number of hydrogen-bond acceptors (Lipinski definition) is 4. The molecule has 0 aliphatic heterocycles. The molecule has 0 spiro atoms. The number of aryl methyl sites for hydroxylation is 1. The van der Waals surface area contributed by atoms with E-state index in [0.717, 1.165) is 30.9 Å². The van der Waals surface area contributed by atoms with E-state index in [0.29, 0.717) is 19.6 Å². The van der Waals surface area contributed by atoms with Crippen LogP contribution >= 0.6 is 0 Å². The second kappa shape index (κ2) is 7.90. The van der Waals surface area contributed by atoms with Gasteiger partial charge >= 0.3 is 5.97 Å². The molecular formula is C13H21NO3. The highest BCUT2D eigenvalue weighted by molar-refractivity contribution is 5.69. The number of furan rings is 1. The molecule has 0 radical (unpaired) electrons. The first-order chi connectivity index (χ1) is 8.26. The Morgan fingerprint density at radius 2 is 2.12 bits per heavy atom. The lowest BCUT2D eigenvalue weighted by Gasteiger charge is -2.03. The lowest BCUT2D eigenvalue weighted by molar-refractivity contribution is -0.143. The molecule has 0 saturated heterocycles. The molecule has 0 aliphatic rings. The monoisotopic (exact) mass is 239 g/mol. The van der Waals surface area contributed by atoms with E-state index in [4.69, 9.17) is 9.15 Å². The minimum Gasteiger partial charge on any atom is -0.466 e. The van der Waals surface area contributed by atoms with E-state index in [1.165, 1.54) is 0 Å². The Morgan fingerprint density at radius 3 is 2.76 bits per heavy atom. The number of esters is 1. The summed E-state index contributed by atoms with van der Waals surface area (Å²) in [5.41, 5.74) is 0. The van der Waals surface area contributed by atoms with Gasteiger partial charge in [-0.1, -0.05) is 6.92 Å². The molecule has 1 rings (SSSR count). The van der Waals surface area contributed by atoms with Gasteiger partial charge in [-0.25, -0.2) is 0 Å². The lowest BCUT2D eigenvalue weighted by atomic mass is 10.3. The first kappa shape index (κ1) is 13.8. The van der Waals surface area contributed by atoms with Crippen LogP contribution in [0.3, 0.4) is 0 Å². The molecule has 1 aromatic heterocycles. The van der Waals surface area contributed by atoms with Gasteiger partial charge in [0, 0.05) is 12.8 Å². The van der Waals surface area contributed by atoms with Gasteiger partial charge in [0.25, 0.3) is 0 Å². The van der Waals surface area contributed by atoms with Crippen molar-refractivity contribution in [1.29, 1.82) is 0 Å². The third kappa shape index (κ3) is 5.54. The van der Waals surface area contributed by atoms with E-state index in [-0.39, 0.29) is 5.97 Å². The third-order valence-corrected chi connectivity index (χ3v) is 2.40. The van der Waals surface area contributed by atoms with Crippen molar-refractivity contribution in [3.05, 3.63) is 23.7 Å². The molecule has 4 heteroatoms. The fourth-order valence-electron chi connectivity index (χ4n) is 1.51. The molecule has 96 valence electrons. The fraction of sp³-hybridized carbons (Fsp3) is 0.615. The maximum atomic E-state index is 11.0. The van der Waals surface area contributed by atoms with Crippen molar-refractivity contribution in [1.82, 2.24) is 5.32 Å². The quantitative estimate of drug-likeness (QED) is 0.558. The fourth-order valence-corrected chi connectivity index (χ4v) is 1.51. The van der Waals surface area contributed by atoms with Crippen LogP contribution < -0.4 is 5.32 Å². The number of hydrogen-bond donors (Lipinski definition) is 1. The molecular weight excluding hydrogens is 218 g/mol. The summed E-state index contributed by atoms with van der Waals surface area (Å²) in [7, 11) is 0. The lowest BCUT2D eigenvalue weighted by Crippen LogP contribution is -2.16. The molecule has 17 heavy (non-hydrogen) atoms. The Bertz CT molecular complexity index is 333. The summed E-state index contributed by atoms with van der Waals surface area (Å²) in [6.45, 7) is 5.84. The predicted octanol–water partition coefficient (Wildman–Crippen LogP) is 2.27. The van der Waals surface area contributed by atoms with Crippen molar-refractivity contribution < 1.29 is 13.9 Å². The third-order valence-electron chi connectivity index (χ3n) is 2.40. The Labute approximate surface area is 102 Å². The van der Waals surface area contributed by atoms with Crippen LogP contribution in [0.5, 0.6) is 0 Å². The Morgan fingerprint density at radius 1 is 1.35 bits per heavy atom. The van der Waals surface area contributed by atoms with E-state index in [1.807, 2.05) is 19.1 Å². The topological polar surface area (TPSA) is 51.5 Å². The highest BCUT2D eigenvalue weighted by Gasteiger charge is 2.02. The summed E-state index contributed by atoms with van der Waals surface area (Å²) in [4.78, 5) is 11.0. The largest absolute Gasteiger partial charge is 0.466 e. The molecule has 0 amide bonds. The highest BCUT2D eigenvalue weighted by Crippen LogP contribution is 2.07. The normalized spacial score (nSPS) is 10.5. The molecule has 1 aromatic rings. The molecule has 0 aliphatic carbocycles. The summed E-state index contributed by atoms with van der Waals surface area (Å²) >= 11 is 0. The van der Waals surface area contributed by atoms with Gasteiger partial charge in [0.15, 0.2) is 0 Å². The van der Waals surface area contributed by atoms with Gasteiger partial charge in [0.1, 0.15) is 11.5 Å². The van der Waals surface area contributed by atoms with Gasteiger partial charge < -0.3 is 14.5 Å². The van der Waals surface area contributed by atoms with Crippen molar-refractivity contribution in [3.8, 4) is 0 Å². The smallest absolute Gasteiger partial charge is 0.305 e. The van der Waals surface area contributed by atoms with Gasteiger partial charge in [-0.2, -0.15) is 0 Å². The Hall–Kier alpha value is -1.29. The zero-order valence-electron chi connectivity index (χ0n) is 10.6. The zero-order valence-corrected chi connectivity index (χ0v) is 10.6. The Balaban J connectivity index is 2.06. The van der Waals surface area contributed by atoms with Gasteiger partial charge in [-0.15, -0.1) is 0 Å². The van der Waals surface area contributed by atoms with Crippen LogP contribution in [-0.2, 0) is 22.5 Å². The maximum Gasteiger partial charge on any atom is 0.305 e. The summed E-state index contributed by atoms with van der Waals surface area (Å²) in [5, 5.41) is 3.24. The molecule has 4 nitrogen and oxygen atoms in total. The van der Waals surface area contributed by atoms with Crippen molar-refractivity contribution >= 4 is 5.97 Å². The molecule has 1 heterocycles. The average Bonchev–Trinajstić information content (AvgIpc) is 2.77. The summed E-state index contributed by atoms with van der Waals surface area (Å²) < 4.78 is 10.4. The second-order valence-electron chi connectivity index (χ2n) is 3.81. The summed E-state index contributed by atoms with van der Waals surface area (Å²) in [5.74, 6) is 1.83. The Kier molecular flexibility index (Phi) is 6.40. The van der Waals surface area contributed by atoms with Crippen LogP contribution in [0.15, 0.2) is 16.5 Å². The van der Waals surface area contributed by atoms with Gasteiger partial charge in [-0.3, -0.25) is 4.79 Å². The van der Waals surface area contributed by atoms with E-state index in [9.17, 15) is 4.79 Å². The number of rotatable bonds is 8. The molecule has 0 saturated carbocycles. The van der Waals surface area contributed by atoms with Gasteiger partial charge in [0.2, 0.25) is 0 Å². The van der Waals surface area contributed by atoms with Crippen LogP contribution in [0, 0.1) is 0 Å². The van der Waals surface area contributed by atoms with E-state index in [2.05, 4.69) is 12.2 Å². The van der Waals surface area contributed by atoms with Crippen LogP contribution in [-0.4, -0.2) is 19.1 Å². The summed E-state index contributed by atoms with van der Waals surface area (Å²) in [6.07, 6.45) is 2.18. The minimum absolute atomic E-state index is 0.124. The van der Waals surface area contributed by atoms with E-state index >= 15 is 0 Å². The molecule has 0 fully saturated rings. The predicted molar refractivity (Wildman–Crippen MR) is 65.7 cm³/mol. The van der Waals surface area contributed by atoms with Crippen LogP contribution in [0.2, 0.25) is 0 Å². The number of nitrogens with one attached hydrogen (secondary N) is 1. The second-order valence-corrected chi connectivity index (χ2v) is 3.81. The number of carbonyl (C=O) groups is 1. The average molecular weight is 239 g/mol. The molecule has 0 atom stereocenters. The molecule has 1 N–H and O–H groups in total. The van der Waals surface area contributed by atoms with Crippen molar-refractivity contribution in [3.63, 3.8) is 0 Å². The first-order valence-corrected chi connectivity index (χ1v) is 6.20. The first-order valence-electron chi connectivity index (χ1n) is 6.20. The van der Waals surface area contributed by atoms with Gasteiger partial charge in [-0.05, 0) is 32.0 Å².